The van der Waals surface area contributed by atoms with E-state index in [4.69, 9.17) is 4.74 Å². The van der Waals surface area contributed by atoms with Crippen molar-refractivity contribution >= 4 is 5.96 Å². The van der Waals surface area contributed by atoms with Gasteiger partial charge in [0.25, 0.3) is 0 Å². The molecule has 0 spiro atoms. The summed E-state index contributed by atoms with van der Waals surface area (Å²) in [6.07, 6.45) is 1.88. The van der Waals surface area contributed by atoms with E-state index < -0.39 is 0 Å². The molecular formula is C14H24N4O. The second-order valence-electron chi connectivity index (χ2n) is 4.39. The third-order valence-corrected chi connectivity index (χ3v) is 2.26. The number of guanidine groups is 1. The molecule has 0 atom stereocenters. The van der Waals surface area contributed by atoms with Gasteiger partial charge in [0.1, 0.15) is 0 Å². The average Bonchev–Trinajstić information content (AvgIpc) is 2.36. The van der Waals surface area contributed by atoms with E-state index >= 15 is 0 Å². The van der Waals surface area contributed by atoms with Crippen molar-refractivity contribution in [3.05, 3.63) is 23.9 Å². The first-order chi connectivity index (χ1) is 9.15. The third kappa shape index (κ3) is 6.08. The highest BCUT2D eigenvalue weighted by Crippen LogP contribution is 2.11. The first kappa shape index (κ1) is 15.3. The van der Waals surface area contributed by atoms with Crippen molar-refractivity contribution in [2.24, 2.45) is 4.99 Å². The Morgan fingerprint density at radius 2 is 2.00 bits per heavy atom. The normalized spacial score (nSPS) is 10.2. The smallest absolute Gasteiger partial charge is 0.213 e. The van der Waals surface area contributed by atoms with E-state index in [1.54, 1.807) is 6.20 Å². The van der Waals surface area contributed by atoms with E-state index in [0.29, 0.717) is 12.4 Å². The Labute approximate surface area is 115 Å². The zero-order chi connectivity index (χ0) is 14.1. The highest BCUT2D eigenvalue weighted by molar-refractivity contribution is 5.79. The Morgan fingerprint density at radius 3 is 2.58 bits per heavy atom. The standard InChI is InChI=1S/C14H24N4O/c1-5-15-14(16-6-2)18-10-12-7-8-17-13(9-12)19-11(3)4/h7-9,11H,5-6,10H2,1-4H3,(H2,15,16,18). The Balaban J connectivity index is 2.67. The molecule has 0 fully saturated rings. The van der Waals surface area contributed by atoms with Gasteiger partial charge in [-0.3, -0.25) is 0 Å². The van der Waals surface area contributed by atoms with Gasteiger partial charge in [-0.05, 0) is 39.3 Å². The second-order valence-corrected chi connectivity index (χ2v) is 4.39. The SMILES string of the molecule is CCNC(=NCc1ccnc(OC(C)C)c1)NCC. The molecule has 1 aromatic rings. The van der Waals surface area contributed by atoms with Gasteiger partial charge in [-0.1, -0.05) is 0 Å². The van der Waals surface area contributed by atoms with Crippen LogP contribution < -0.4 is 15.4 Å². The van der Waals surface area contributed by atoms with Gasteiger partial charge in [0, 0.05) is 25.4 Å². The highest BCUT2D eigenvalue weighted by Gasteiger charge is 2.01. The first-order valence-electron chi connectivity index (χ1n) is 6.79. The maximum Gasteiger partial charge on any atom is 0.213 e. The Bertz CT molecular complexity index is 396. The molecule has 0 aliphatic carbocycles. The van der Waals surface area contributed by atoms with Gasteiger partial charge in [-0.2, -0.15) is 0 Å². The molecule has 0 unspecified atom stereocenters. The summed E-state index contributed by atoms with van der Waals surface area (Å²) in [4.78, 5) is 8.68. The topological polar surface area (TPSA) is 58.5 Å². The van der Waals surface area contributed by atoms with Crippen LogP contribution in [0, 0.1) is 0 Å². The summed E-state index contributed by atoms with van der Waals surface area (Å²) in [6.45, 7) is 10.4. The number of rotatable bonds is 6. The van der Waals surface area contributed by atoms with Crippen molar-refractivity contribution in [3.63, 3.8) is 0 Å². The minimum absolute atomic E-state index is 0.130. The van der Waals surface area contributed by atoms with Crippen LogP contribution >= 0.6 is 0 Å². The highest BCUT2D eigenvalue weighted by atomic mass is 16.5. The molecule has 0 bridgehead atoms. The van der Waals surface area contributed by atoms with Crippen molar-refractivity contribution in [2.45, 2.75) is 40.3 Å². The maximum atomic E-state index is 5.57. The van der Waals surface area contributed by atoms with Crippen molar-refractivity contribution in [3.8, 4) is 5.88 Å². The summed E-state index contributed by atoms with van der Waals surface area (Å²) in [6, 6.07) is 3.88. The van der Waals surface area contributed by atoms with Gasteiger partial charge in [0.15, 0.2) is 5.96 Å². The van der Waals surface area contributed by atoms with Crippen LogP contribution in [-0.4, -0.2) is 30.1 Å². The van der Waals surface area contributed by atoms with Crippen molar-refractivity contribution in [1.29, 1.82) is 0 Å². The van der Waals surface area contributed by atoms with Crippen molar-refractivity contribution in [2.75, 3.05) is 13.1 Å². The molecule has 0 saturated carbocycles. The average molecular weight is 264 g/mol. The number of hydrogen-bond acceptors (Lipinski definition) is 3. The zero-order valence-corrected chi connectivity index (χ0v) is 12.2. The van der Waals surface area contributed by atoms with Crippen LogP contribution in [0.4, 0.5) is 0 Å². The van der Waals surface area contributed by atoms with Crippen molar-refractivity contribution < 1.29 is 4.74 Å². The van der Waals surface area contributed by atoms with Crippen LogP contribution in [0.5, 0.6) is 5.88 Å². The molecule has 0 aromatic carbocycles. The van der Waals surface area contributed by atoms with E-state index in [1.165, 1.54) is 0 Å². The molecule has 1 aromatic heterocycles. The molecular weight excluding hydrogens is 240 g/mol. The number of aliphatic imine (C=N–C) groups is 1. The van der Waals surface area contributed by atoms with Gasteiger partial charge in [0.2, 0.25) is 5.88 Å². The fourth-order valence-electron chi connectivity index (χ4n) is 1.53. The van der Waals surface area contributed by atoms with E-state index in [-0.39, 0.29) is 6.10 Å². The van der Waals surface area contributed by atoms with Crippen LogP contribution in [0.25, 0.3) is 0 Å². The predicted molar refractivity (Wildman–Crippen MR) is 78.5 cm³/mol. The van der Waals surface area contributed by atoms with Crippen molar-refractivity contribution in [1.82, 2.24) is 15.6 Å². The van der Waals surface area contributed by atoms with Gasteiger partial charge in [-0.15, -0.1) is 0 Å². The predicted octanol–water partition coefficient (Wildman–Crippen LogP) is 1.94. The fourth-order valence-corrected chi connectivity index (χ4v) is 1.53. The summed E-state index contributed by atoms with van der Waals surface area (Å²) in [5.41, 5.74) is 1.08. The molecule has 0 saturated heterocycles. The second kappa shape index (κ2) is 8.34. The molecule has 106 valence electrons. The lowest BCUT2D eigenvalue weighted by Gasteiger charge is -2.10. The molecule has 2 N–H and O–H groups in total. The number of aromatic nitrogens is 1. The molecule has 0 amide bonds. The maximum absolute atomic E-state index is 5.57. The Hall–Kier alpha value is -1.78. The lowest BCUT2D eigenvalue weighted by molar-refractivity contribution is 0.232. The van der Waals surface area contributed by atoms with Gasteiger partial charge < -0.3 is 15.4 Å². The third-order valence-electron chi connectivity index (χ3n) is 2.26. The Kier molecular flexibility index (Phi) is 6.71. The lowest BCUT2D eigenvalue weighted by Crippen LogP contribution is -2.36. The first-order valence-corrected chi connectivity index (χ1v) is 6.79. The molecule has 1 heterocycles. The molecule has 1 rings (SSSR count). The van der Waals surface area contributed by atoms with E-state index in [0.717, 1.165) is 24.6 Å². The monoisotopic (exact) mass is 264 g/mol. The number of nitrogens with one attached hydrogen (secondary N) is 2. The number of hydrogen-bond donors (Lipinski definition) is 2. The van der Waals surface area contributed by atoms with Crippen LogP contribution in [-0.2, 0) is 6.54 Å². The fraction of sp³-hybridized carbons (Fsp3) is 0.571. The summed E-state index contributed by atoms with van der Waals surface area (Å²) >= 11 is 0. The van der Waals surface area contributed by atoms with E-state index in [2.05, 4.69) is 20.6 Å². The largest absolute Gasteiger partial charge is 0.475 e. The number of pyridine rings is 1. The zero-order valence-electron chi connectivity index (χ0n) is 12.2. The molecule has 0 aliphatic rings. The van der Waals surface area contributed by atoms with Gasteiger partial charge >= 0.3 is 0 Å². The summed E-state index contributed by atoms with van der Waals surface area (Å²) < 4.78 is 5.57. The summed E-state index contributed by atoms with van der Waals surface area (Å²) in [7, 11) is 0. The van der Waals surface area contributed by atoms with Gasteiger partial charge in [0.05, 0.1) is 12.6 Å². The molecule has 5 nitrogen and oxygen atoms in total. The summed E-state index contributed by atoms with van der Waals surface area (Å²) in [5, 5.41) is 6.39. The lowest BCUT2D eigenvalue weighted by atomic mass is 10.3. The van der Waals surface area contributed by atoms with Crippen LogP contribution in [0.2, 0.25) is 0 Å². The van der Waals surface area contributed by atoms with Gasteiger partial charge in [-0.25, -0.2) is 9.98 Å². The minimum Gasteiger partial charge on any atom is -0.475 e. The minimum atomic E-state index is 0.130. The van der Waals surface area contributed by atoms with Crippen LogP contribution in [0.1, 0.15) is 33.3 Å². The molecule has 19 heavy (non-hydrogen) atoms. The molecule has 0 radical (unpaired) electrons. The molecule has 5 heteroatoms. The quantitative estimate of drug-likeness (QED) is 0.609. The van der Waals surface area contributed by atoms with E-state index in [9.17, 15) is 0 Å². The van der Waals surface area contributed by atoms with Crippen LogP contribution in [0.3, 0.4) is 0 Å². The molecule has 0 aliphatic heterocycles. The Morgan fingerprint density at radius 1 is 1.32 bits per heavy atom. The van der Waals surface area contributed by atoms with Crippen LogP contribution in [0.15, 0.2) is 23.3 Å². The summed E-state index contributed by atoms with van der Waals surface area (Å²) in [5.74, 6) is 1.48. The van der Waals surface area contributed by atoms with E-state index in [1.807, 2.05) is 39.8 Å². The number of nitrogens with zero attached hydrogens (tertiary/aromatic N) is 2. The number of ether oxygens (including phenoxy) is 1.